The summed E-state index contributed by atoms with van der Waals surface area (Å²) < 4.78 is 33.3. The average Bonchev–Trinajstić information content (AvgIpc) is 2.99. The van der Waals surface area contributed by atoms with Crippen LogP contribution in [0.5, 0.6) is 0 Å². The quantitative estimate of drug-likeness (QED) is 0.592. The molecule has 2 fully saturated rings. The van der Waals surface area contributed by atoms with E-state index in [2.05, 4.69) is 15.0 Å². The number of likely N-dealkylation sites (tertiary alicyclic amines) is 1. The van der Waals surface area contributed by atoms with Crippen LogP contribution in [0.15, 0.2) is 34.2 Å². The molecule has 4 rings (SSSR count). The summed E-state index contributed by atoms with van der Waals surface area (Å²) in [5, 5.41) is 2.81. The Hall–Kier alpha value is -2.46. The molecule has 1 amide bonds. The Bertz CT molecular complexity index is 1040. The second-order valence-electron chi connectivity index (χ2n) is 9.38. The van der Waals surface area contributed by atoms with Gasteiger partial charge in [0.25, 0.3) is 10.0 Å². The van der Waals surface area contributed by atoms with Crippen molar-refractivity contribution in [1.29, 1.82) is 0 Å². The molecule has 2 heterocycles. The van der Waals surface area contributed by atoms with Gasteiger partial charge in [-0.15, -0.1) is 0 Å². The SMILES string of the molecule is COC(=O)C1CC2CCCCC2N1CC(=O)Nc1cccc(S(=O)(=O)NC2=NCCCCC2)c1. The fraction of sp³-hybridized carbons (Fsp3) is 0.625. The molecule has 2 aliphatic heterocycles. The zero-order valence-corrected chi connectivity index (χ0v) is 20.5. The number of carbonyl (C=O) groups excluding carboxylic acids is 2. The van der Waals surface area contributed by atoms with E-state index in [0.29, 0.717) is 36.8 Å². The number of methoxy groups -OCH3 is 1. The fourth-order valence-corrected chi connectivity index (χ4v) is 6.56. The normalized spacial score (nSPS) is 25.6. The molecule has 0 spiro atoms. The number of amidine groups is 1. The van der Waals surface area contributed by atoms with Crippen molar-refractivity contribution in [3.05, 3.63) is 24.3 Å². The van der Waals surface area contributed by atoms with E-state index in [0.717, 1.165) is 44.9 Å². The van der Waals surface area contributed by atoms with E-state index in [-0.39, 0.29) is 29.4 Å². The van der Waals surface area contributed by atoms with Crippen LogP contribution in [0.1, 0.15) is 57.8 Å². The number of sulfonamides is 1. The van der Waals surface area contributed by atoms with E-state index in [4.69, 9.17) is 4.74 Å². The van der Waals surface area contributed by atoms with Crippen LogP contribution in [0.25, 0.3) is 0 Å². The number of hydrogen-bond donors (Lipinski definition) is 2. The summed E-state index contributed by atoms with van der Waals surface area (Å²) in [4.78, 5) is 31.7. The van der Waals surface area contributed by atoms with Crippen LogP contribution >= 0.6 is 0 Å². The van der Waals surface area contributed by atoms with Gasteiger partial charge in [0.1, 0.15) is 11.9 Å². The van der Waals surface area contributed by atoms with Gasteiger partial charge in [-0.25, -0.2) is 8.42 Å². The number of amides is 1. The molecule has 1 aromatic rings. The Labute approximate surface area is 201 Å². The zero-order valence-electron chi connectivity index (χ0n) is 19.7. The fourth-order valence-electron chi connectivity index (χ4n) is 5.43. The van der Waals surface area contributed by atoms with Crippen molar-refractivity contribution < 1.29 is 22.7 Å². The Morgan fingerprint density at radius 1 is 1.15 bits per heavy atom. The lowest BCUT2D eigenvalue weighted by atomic mass is 9.85. The number of benzene rings is 1. The van der Waals surface area contributed by atoms with Crippen LogP contribution in [0.2, 0.25) is 0 Å². The van der Waals surface area contributed by atoms with Crippen LogP contribution in [0, 0.1) is 5.92 Å². The van der Waals surface area contributed by atoms with Crippen LogP contribution in [0.3, 0.4) is 0 Å². The van der Waals surface area contributed by atoms with Gasteiger partial charge in [0.2, 0.25) is 5.91 Å². The number of aliphatic imine (C=N–C) groups is 1. The minimum Gasteiger partial charge on any atom is -0.468 e. The Morgan fingerprint density at radius 3 is 2.79 bits per heavy atom. The molecule has 10 heteroatoms. The van der Waals surface area contributed by atoms with Crippen molar-refractivity contribution in [1.82, 2.24) is 9.62 Å². The van der Waals surface area contributed by atoms with Gasteiger partial charge in [-0.05, 0) is 56.2 Å². The van der Waals surface area contributed by atoms with Crippen LogP contribution in [-0.2, 0) is 24.3 Å². The highest BCUT2D eigenvalue weighted by atomic mass is 32.2. The number of anilines is 1. The predicted molar refractivity (Wildman–Crippen MR) is 129 cm³/mol. The van der Waals surface area contributed by atoms with Gasteiger partial charge in [0, 0.05) is 24.7 Å². The third kappa shape index (κ3) is 5.78. The van der Waals surface area contributed by atoms with Gasteiger partial charge in [0.15, 0.2) is 0 Å². The molecule has 9 nitrogen and oxygen atoms in total. The molecule has 1 aliphatic carbocycles. The van der Waals surface area contributed by atoms with E-state index < -0.39 is 16.1 Å². The van der Waals surface area contributed by atoms with Gasteiger partial charge in [-0.3, -0.25) is 24.2 Å². The Kier molecular flexibility index (Phi) is 7.88. The molecule has 3 atom stereocenters. The van der Waals surface area contributed by atoms with Gasteiger partial charge in [-0.1, -0.05) is 25.3 Å². The highest BCUT2D eigenvalue weighted by molar-refractivity contribution is 7.90. The summed E-state index contributed by atoms with van der Waals surface area (Å²) in [6.07, 6.45) is 8.49. The van der Waals surface area contributed by atoms with E-state index in [1.54, 1.807) is 12.1 Å². The maximum Gasteiger partial charge on any atom is 0.323 e. The van der Waals surface area contributed by atoms with Crippen molar-refractivity contribution in [2.75, 3.05) is 25.5 Å². The number of fused-ring (bicyclic) bond motifs is 1. The van der Waals surface area contributed by atoms with E-state index in [9.17, 15) is 18.0 Å². The second-order valence-corrected chi connectivity index (χ2v) is 11.1. The molecule has 34 heavy (non-hydrogen) atoms. The van der Waals surface area contributed by atoms with E-state index >= 15 is 0 Å². The molecule has 1 aromatic carbocycles. The Balaban J connectivity index is 1.43. The first-order valence-corrected chi connectivity index (χ1v) is 13.7. The first kappa shape index (κ1) is 24.7. The summed E-state index contributed by atoms with van der Waals surface area (Å²) >= 11 is 0. The number of nitrogens with zero attached hydrogens (tertiary/aromatic N) is 2. The molecule has 0 bridgehead atoms. The number of hydrogen-bond acceptors (Lipinski definition) is 7. The number of esters is 1. The van der Waals surface area contributed by atoms with Gasteiger partial charge >= 0.3 is 5.97 Å². The third-order valence-electron chi connectivity index (χ3n) is 7.08. The minimum absolute atomic E-state index is 0.0625. The molecular weight excluding hydrogens is 456 g/mol. The second kappa shape index (κ2) is 10.9. The summed E-state index contributed by atoms with van der Waals surface area (Å²) in [6, 6.07) is 5.98. The lowest BCUT2D eigenvalue weighted by Gasteiger charge is -2.32. The largest absolute Gasteiger partial charge is 0.468 e. The molecule has 0 aromatic heterocycles. The smallest absolute Gasteiger partial charge is 0.323 e. The van der Waals surface area contributed by atoms with Crippen LogP contribution in [0.4, 0.5) is 5.69 Å². The molecular formula is C24H34N4O5S. The highest BCUT2D eigenvalue weighted by Crippen LogP contribution is 2.39. The number of ether oxygens (including phenoxy) is 1. The average molecular weight is 491 g/mol. The third-order valence-corrected chi connectivity index (χ3v) is 8.45. The molecule has 3 unspecified atom stereocenters. The molecule has 186 valence electrons. The summed E-state index contributed by atoms with van der Waals surface area (Å²) in [7, 11) is -2.42. The van der Waals surface area contributed by atoms with Crippen molar-refractivity contribution in [2.24, 2.45) is 10.9 Å². The van der Waals surface area contributed by atoms with Crippen LogP contribution < -0.4 is 10.0 Å². The number of rotatable bonds is 6. The minimum atomic E-state index is -3.80. The summed E-state index contributed by atoms with van der Waals surface area (Å²) in [5.74, 6) is 0.299. The van der Waals surface area contributed by atoms with Gasteiger partial charge in [-0.2, -0.15) is 0 Å². The first-order chi connectivity index (χ1) is 16.4. The molecule has 1 saturated heterocycles. The topological polar surface area (TPSA) is 117 Å². The zero-order chi connectivity index (χ0) is 24.1. The van der Waals surface area contributed by atoms with Gasteiger partial charge < -0.3 is 10.1 Å². The van der Waals surface area contributed by atoms with E-state index in [1.807, 2.05) is 4.90 Å². The molecule has 3 aliphatic rings. The van der Waals surface area contributed by atoms with Crippen molar-refractivity contribution in [3.8, 4) is 0 Å². The first-order valence-electron chi connectivity index (χ1n) is 12.2. The lowest BCUT2D eigenvalue weighted by molar-refractivity contribution is -0.146. The van der Waals surface area contributed by atoms with Crippen molar-refractivity contribution in [2.45, 2.75) is 74.8 Å². The van der Waals surface area contributed by atoms with E-state index in [1.165, 1.54) is 19.2 Å². The molecule has 2 N–H and O–H groups in total. The maximum atomic E-state index is 12.9. The highest BCUT2D eigenvalue weighted by Gasteiger charge is 2.46. The van der Waals surface area contributed by atoms with Crippen molar-refractivity contribution in [3.63, 3.8) is 0 Å². The van der Waals surface area contributed by atoms with Crippen molar-refractivity contribution >= 4 is 33.4 Å². The monoisotopic (exact) mass is 490 g/mol. The molecule has 1 saturated carbocycles. The maximum absolute atomic E-state index is 12.9. The van der Waals surface area contributed by atoms with Crippen LogP contribution in [-0.4, -0.2) is 63.3 Å². The number of carbonyl (C=O) groups is 2. The van der Waals surface area contributed by atoms with Gasteiger partial charge in [0.05, 0.1) is 18.6 Å². The summed E-state index contributed by atoms with van der Waals surface area (Å²) in [5.41, 5.74) is 0.393. The summed E-state index contributed by atoms with van der Waals surface area (Å²) in [6.45, 7) is 0.686. The molecule has 0 radical (unpaired) electrons. The Morgan fingerprint density at radius 2 is 1.97 bits per heavy atom. The predicted octanol–water partition coefficient (Wildman–Crippen LogP) is 2.68. The standard InChI is InChI=1S/C24H34N4O5S/c1-33-24(30)21-14-17-8-4-5-11-20(17)28(21)16-23(29)26-18-9-7-10-19(15-18)34(31,32)27-22-12-3-2-6-13-25-22/h7,9-10,15,17,20-21H,2-6,8,11-14,16H2,1H3,(H,25,27)(H,26,29). The lowest BCUT2D eigenvalue weighted by Crippen LogP contribution is -2.46. The number of nitrogens with one attached hydrogen (secondary N) is 2.